The maximum Gasteiger partial charge on any atom is 0.433 e. The maximum atomic E-state index is 13.1. The summed E-state index contributed by atoms with van der Waals surface area (Å²) in [6.07, 6.45) is -0.825. The van der Waals surface area contributed by atoms with Crippen LogP contribution in [0.4, 0.5) is 18.9 Å². The summed E-state index contributed by atoms with van der Waals surface area (Å²) in [5.41, 5.74) is 1.86. The van der Waals surface area contributed by atoms with Crippen LogP contribution in [0.15, 0.2) is 66.9 Å². The average Bonchev–Trinajstić information content (AvgIpc) is 2.85. The number of pyridine rings is 1. The molecule has 0 atom stereocenters. The number of piperidine rings is 1. The summed E-state index contributed by atoms with van der Waals surface area (Å²) in [5, 5.41) is 2.69. The lowest BCUT2D eigenvalue weighted by molar-refractivity contribution is -0.141. The minimum absolute atomic E-state index is 0.00498. The molecule has 4 rings (SSSR count). The van der Waals surface area contributed by atoms with Gasteiger partial charge in [0.25, 0.3) is 11.8 Å². The van der Waals surface area contributed by atoms with Gasteiger partial charge in [-0.1, -0.05) is 36.4 Å². The number of halogens is 3. The molecule has 1 aromatic heterocycles. The zero-order valence-electron chi connectivity index (χ0n) is 19.3. The maximum absolute atomic E-state index is 13.1. The van der Waals surface area contributed by atoms with Crippen molar-refractivity contribution in [2.45, 2.75) is 32.4 Å². The van der Waals surface area contributed by atoms with Gasteiger partial charge in [-0.2, -0.15) is 13.2 Å². The topological polar surface area (TPSA) is 62.3 Å². The van der Waals surface area contributed by atoms with Crippen molar-refractivity contribution >= 4 is 17.5 Å². The molecule has 0 radical (unpaired) electrons. The van der Waals surface area contributed by atoms with Gasteiger partial charge in [0.1, 0.15) is 5.69 Å². The number of aryl methyl sites for hydroxylation is 1. The van der Waals surface area contributed by atoms with Crippen LogP contribution in [0.3, 0.4) is 0 Å². The number of nitrogens with one attached hydrogen (secondary N) is 1. The number of hydrogen-bond acceptors (Lipinski definition) is 3. The van der Waals surface area contributed by atoms with Crippen molar-refractivity contribution in [3.8, 4) is 0 Å². The zero-order chi connectivity index (χ0) is 25.0. The summed E-state index contributed by atoms with van der Waals surface area (Å²) < 4.78 is 38.1. The van der Waals surface area contributed by atoms with E-state index in [1.165, 1.54) is 5.56 Å². The SMILES string of the molecule is Cc1ccc(C(=O)N2CCC(Cc3ccccc3)CC2)cc1NC(=O)c1ccc(C(F)(F)F)nc1. The number of alkyl halides is 3. The molecule has 0 unspecified atom stereocenters. The van der Waals surface area contributed by atoms with E-state index in [1.54, 1.807) is 25.1 Å². The predicted octanol–water partition coefficient (Wildman–Crippen LogP) is 5.76. The Labute approximate surface area is 202 Å². The molecule has 2 amide bonds. The molecule has 0 bridgehead atoms. The Bertz CT molecular complexity index is 1190. The van der Waals surface area contributed by atoms with Crippen molar-refractivity contribution in [1.82, 2.24) is 9.88 Å². The first kappa shape index (κ1) is 24.4. The molecule has 5 nitrogen and oxygen atoms in total. The predicted molar refractivity (Wildman–Crippen MR) is 127 cm³/mol. The van der Waals surface area contributed by atoms with Gasteiger partial charge in [0.15, 0.2) is 0 Å². The summed E-state index contributed by atoms with van der Waals surface area (Å²) in [6, 6.07) is 17.3. The number of benzene rings is 2. The quantitative estimate of drug-likeness (QED) is 0.504. The van der Waals surface area contributed by atoms with Gasteiger partial charge in [-0.25, -0.2) is 0 Å². The van der Waals surface area contributed by atoms with Crippen LogP contribution in [0.25, 0.3) is 0 Å². The Morgan fingerprint density at radius 1 is 1.00 bits per heavy atom. The largest absolute Gasteiger partial charge is 0.433 e. The van der Waals surface area contributed by atoms with E-state index < -0.39 is 17.8 Å². The lowest BCUT2D eigenvalue weighted by Crippen LogP contribution is -2.39. The van der Waals surface area contributed by atoms with E-state index in [4.69, 9.17) is 0 Å². The van der Waals surface area contributed by atoms with E-state index in [0.717, 1.165) is 43.2 Å². The molecular weight excluding hydrogens is 455 g/mol. The summed E-state index contributed by atoms with van der Waals surface area (Å²) >= 11 is 0. The zero-order valence-corrected chi connectivity index (χ0v) is 19.3. The van der Waals surface area contributed by atoms with Crippen LogP contribution in [-0.2, 0) is 12.6 Å². The molecule has 1 aliphatic heterocycles. The lowest BCUT2D eigenvalue weighted by atomic mass is 9.90. The van der Waals surface area contributed by atoms with Gasteiger partial charge in [-0.3, -0.25) is 14.6 Å². The molecule has 8 heteroatoms. The second-order valence-corrected chi connectivity index (χ2v) is 8.84. The van der Waals surface area contributed by atoms with Crippen molar-refractivity contribution in [3.05, 3.63) is 94.8 Å². The number of aromatic nitrogens is 1. The number of hydrogen-bond donors (Lipinski definition) is 1. The fourth-order valence-corrected chi connectivity index (χ4v) is 4.25. The molecule has 3 aromatic rings. The number of anilines is 1. The highest BCUT2D eigenvalue weighted by Gasteiger charge is 2.32. The smallest absolute Gasteiger partial charge is 0.339 e. The summed E-state index contributed by atoms with van der Waals surface area (Å²) in [6.45, 7) is 3.12. The number of likely N-dealkylation sites (tertiary alicyclic amines) is 1. The molecular formula is C27H26F3N3O2. The molecule has 0 spiro atoms. The van der Waals surface area contributed by atoms with Crippen LogP contribution in [-0.4, -0.2) is 34.8 Å². The molecule has 1 N–H and O–H groups in total. The fraction of sp³-hybridized carbons (Fsp3) is 0.296. The molecule has 1 saturated heterocycles. The van der Waals surface area contributed by atoms with Gasteiger partial charge >= 0.3 is 6.18 Å². The normalized spacial score (nSPS) is 14.6. The Morgan fingerprint density at radius 2 is 1.69 bits per heavy atom. The van der Waals surface area contributed by atoms with E-state index in [9.17, 15) is 22.8 Å². The van der Waals surface area contributed by atoms with Crippen molar-refractivity contribution < 1.29 is 22.8 Å². The third kappa shape index (κ3) is 6.07. The number of nitrogens with zero attached hydrogens (tertiary/aromatic N) is 2. The van der Waals surface area contributed by atoms with E-state index in [0.29, 0.717) is 30.3 Å². The molecule has 0 saturated carbocycles. The van der Waals surface area contributed by atoms with Crippen LogP contribution in [0, 0.1) is 12.8 Å². The Morgan fingerprint density at radius 3 is 2.31 bits per heavy atom. The van der Waals surface area contributed by atoms with Gasteiger partial charge in [-0.05, 0) is 67.5 Å². The third-order valence-electron chi connectivity index (χ3n) is 6.32. The van der Waals surface area contributed by atoms with E-state index >= 15 is 0 Å². The fourth-order valence-electron chi connectivity index (χ4n) is 4.25. The third-order valence-corrected chi connectivity index (χ3v) is 6.32. The molecule has 2 aromatic carbocycles. The minimum Gasteiger partial charge on any atom is -0.339 e. The van der Waals surface area contributed by atoms with E-state index in [1.807, 2.05) is 23.1 Å². The molecule has 0 aliphatic carbocycles. The van der Waals surface area contributed by atoms with E-state index in [-0.39, 0.29) is 11.5 Å². The first-order chi connectivity index (χ1) is 16.7. The van der Waals surface area contributed by atoms with Crippen molar-refractivity contribution in [2.24, 2.45) is 5.92 Å². The first-order valence-electron chi connectivity index (χ1n) is 11.5. The second kappa shape index (κ2) is 10.3. The number of amides is 2. The number of carbonyl (C=O) groups excluding carboxylic acids is 2. The Balaban J connectivity index is 1.39. The molecule has 1 fully saturated rings. The van der Waals surface area contributed by atoms with Gasteiger partial charge < -0.3 is 10.2 Å². The lowest BCUT2D eigenvalue weighted by Gasteiger charge is -2.32. The average molecular weight is 482 g/mol. The van der Waals surface area contributed by atoms with Crippen LogP contribution in [0.5, 0.6) is 0 Å². The van der Waals surface area contributed by atoms with Crippen LogP contribution in [0.2, 0.25) is 0 Å². The highest BCUT2D eigenvalue weighted by Crippen LogP contribution is 2.28. The minimum atomic E-state index is -4.57. The van der Waals surface area contributed by atoms with Gasteiger partial charge in [0.2, 0.25) is 0 Å². The number of rotatable bonds is 5. The molecule has 35 heavy (non-hydrogen) atoms. The van der Waals surface area contributed by atoms with Crippen molar-refractivity contribution in [1.29, 1.82) is 0 Å². The van der Waals surface area contributed by atoms with Crippen LogP contribution < -0.4 is 5.32 Å². The highest BCUT2D eigenvalue weighted by atomic mass is 19.4. The molecule has 1 aliphatic rings. The summed E-state index contributed by atoms with van der Waals surface area (Å²) in [4.78, 5) is 30.8. The standard InChI is InChI=1S/C27H26F3N3O2/c1-18-7-8-21(16-23(18)32-25(34)22-9-10-24(31-17-22)27(28,29)30)26(35)33-13-11-20(12-14-33)15-19-5-3-2-4-6-19/h2-10,16-17,20H,11-15H2,1H3,(H,32,34). The summed E-state index contributed by atoms with van der Waals surface area (Å²) in [5.74, 6) is -0.165. The molecule has 2 heterocycles. The Hall–Kier alpha value is -3.68. The Kier molecular flexibility index (Phi) is 7.19. The second-order valence-electron chi connectivity index (χ2n) is 8.84. The number of carbonyl (C=O) groups is 2. The van der Waals surface area contributed by atoms with Crippen molar-refractivity contribution in [2.75, 3.05) is 18.4 Å². The van der Waals surface area contributed by atoms with Gasteiger partial charge in [0.05, 0.1) is 5.56 Å². The summed E-state index contributed by atoms with van der Waals surface area (Å²) in [7, 11) is 0. The van der Waals surface area contributed by atoms with Gasteiger partial charge in [-0.15, -0.1) is 0 Å². The molecule has 182 valence electrons. The highest BCUT2D eigenvalue weighted by molar-refractivity contribution is 6.05. The first-order valence-corrected chi connectivity index (χ1v) is 11.5. The van der Waals surface area contributed by atoms with Crippen LogP contribution in [0.1, 0.15) is 50.4 Å². The van der Waals surface area contributed by atoms with Crippen LogP contribution >= 0.6 is 0 Å². The monoisotopic (exact) mass is 481 g/mol. The van der Waals surface area contributed by atoms with Gasteiger partial charge in [0, 0.05) is 30.5 Å². The van der Waals surface area contributed by atoms with E-state index in [2.05, 4.69) is 22.4 Å². The van der Waals surface area contributed by atoms with Crippen molar-refractivity contribution in [3.63, 3.8) is 0 Å².